The molecule has 0 aliphatic rings. The van der Waals surface area contributed by atoms with E-state index in [0.29, 0.717) is 17.9 Å². The number of rotatable bonds is 8. The lowest BCUT2D eigenvalue weighted by molar-refractivity contribution is -0.136. The van der Waals surface area contributed by atoms with Crippen LogP contribution >= 0.6 is 32.9 Å². The van der Waals surface area contributed by atoms with Gasteiger partial charge >= 0.3 is 5.97 Å². The molecule has 0 bridgehead atoms. The van der Waals surface area contributed by atoms with Crippen LogP contribution in [-0.2, 0) is 4.79 Å². The van der Waals surface area contributed by atoms with Crippen LogP contribution in [-0.4, -0.2) is 44.6 Å². The van der Waals surface area contributed by atoms with Gasteiger partial charge in [0.05, 0.1) is 18.2 Å². The highest BCUT2D eigenvalue weighted by Crippen LogP contribution is 2.21. The number of thiazole rings is 1. The Morgan fingerprint density at radius 3 is 3.00 bits per heavy atom. The number of hydrogen-bond acceptors (Lipinski definition) is 6. The van der Waals surface area contributed by atoms with Crippen molar-refractivity contribution in [2.75, 3.05) is 18.1 Å². The van der Waals surface area contributed by atoms with Crippen LogP contribution in [0.4, 0.5) is 0 Å². The molecule has 0 atom stereocenters. The summed E-state index contributed by atoms with van der Waals surface area (Å²) in [5.41, 5.74) is 0.587. The Balaban J connectivity index is 1.66. The van der Waals surface area contributed by atoms with Crippen molar-refractivity contribution in [2.24, 2.45) is 0 Å². The number of aliphatic carboxylic acids is 1. The van der Waals surface area contributed by atoms with Crippen LogP contribution in [0.25, 0.3) is 4.83 Å². The van der Waals surface area contributed by atoms with Crippen LogP contribution in [0, 0.1) is 0 Å². The van der Waals surface area contributed by atoms with Crippen molar-refractivity contribution in [3.63, 3.8) is 0 Å². The van der Waals surface area contributed by atoms with E-state index in [-0.39, 0.29) is 12.3 Å². The topological polar surface area (TPSA) is 83.7 Å². The SMILES string of the molecule is O=C(O)CCSSCCNC(=O)c1cnn2ccsc12. The average Bonchev–Trinajstić information content (AvgIpc) is 2.99. The lowest BCUT2D eigenvalue weighted by atomic mass is 10.3. The van der Waals surface area contributed by atoms with Crippen molar-refractivity contribution in [1.29, 1.82) is 0 Å². The standard InChI is InChI=1S/C11H13N3O3S3/c15-9(16)1-4-19-20-5-2-12-10(17)8-7-13-14-3-6-18-11(8)14/h3,6-7H,1-2,4-5H2,(H,12,17)(H,15,16). The molecular weight excluding hydrogens is 318 g/mol. The first kappa shape index (κ1) is 15.2. The maximum atomic E-state index is 11.9. The van der Waals surface area contributed by atoms with Gasteiger partial charge in [-0.1, -0.05) is 21.6 Å². The van der Waals surface area contributed by atoms with Crippen molar-refractivity contribution in [3.8, 4) is 0 Å². The van der Waals surface area contributed by atoms with Crippen LogP contribution in [0.3, 0.4) is 0 Å². The lowest BCUT2D eigenvalue weighted by Gasteiger charge is -2.03. The van der Waals surface area contributed by atoms with Crippen molar-refractivity contribution in [2.45, 2.75) is 6.42 Å². The summed E-state index contributed by atoms with van der Waals surface area (Å²) >= 11 is 1.48. The molecule has 0 unspecified atom stereocenters. The van der Waals surface area contributed by atoms with Gasteiger partial charge in [-0.15, -0.1) is 11.3 Å². The van der Waals surface area contributed by atoms with Crippen LogP contribution in [0.1, 0.15) is 16.8 Å². The first-order valence-electron chi connectivity index (χ1n) is 5.83. The second kappa shape index (κ2) is 7.55. The van der Waals surface area contributed by atoms with Gasteiger partial charge in [0.15, 0.2) is 0 Å². The average molecular weight is 331 g/mol. The summed E-state index contributed by atoms with van der Waals surface area (Å²) < 4.78 is 1.68. The number of nitrogens with one attached hydrogen (secondary N) is 1. The third-order valence-corrected chi connectivity index (χ3v) is 5.63. The minimum Gasteiger partial charge on any atom is -0.481 e. The van der Waals surface area contributed by atoms with E-state index in [0.717, 1.165) is 10.6 Å². The normalized spacial score (nSPS) is 10.8. The Morgan fingerprint density at radius 1 is 1.40 bits per heavy atom. The second-order valence-corrected chi connectivity index (χ2v) is 7.35. The van der Waals surface area contributed by atoms with Gasteiger partial charge in [0.25, 0.3) is 5.91 Å². The smallest absolute Gasteiger partial charge is 0.304 e. The molecule has 0 spiro atoms. The molecule has 20 heavy (non-hydrogen) atoms. The van der Waals surface area contributed by atoms with E-state index in [1.165, 1.54) is 22.1 Å². The first-order valence-corrected chi connectivity index (χ1v) is 9.20. The second-order valence-electron chi connectivity index (χ2n) is 3.75. The largest absolute Gasteiger partial charge is 0.481 e. The summed E-state index contributed by atoms with van der Waals surface area (Å²) in [5.74, 6) is 0.407. The number of carbonyl (C=O) groups excluding carboxylic acids is 1. The summed E-state index contributed by atoms with van der Waals surface area (Å²) in [6.45, 7) is 0.548. The van der Waals surface area contributed by atoms with Gasteiger partial charge in [0.1, 0.15) is 4.83 Å². The summed E-state index contributed by atoms with van der Waals surface area (Å²) in [7, 11) is 3.06. The molecule has 2 heterocycles. The Hall–Kier alpha value is -1.19. The van der Waals surface area contributed by atoms with Gasteiger partial charge in [-0.3, -0.25) is 9.59 Å². The van der Waals surface area contributed by atoms with Gasteiger partial charge in [-0.25, -0.2) is 4.52 Å². The van der Waals surface area contributed by atoms with Crippen LogP contribution < -0.4 is 5.32 Å². The van der Waals surface area contributed by atoms with Crippen LogP contribution in [0.2, 0.25) is 0 Å². The maximum Gasteiger partial charge on any atom is 0.304 e. The van der Waals surface area contributed by atoms with E-state index in [4.69, 9.17) is 5.11 Å². The molecule has 0 aromatic carbocycles. The fourth-order valence-electron chi connectivity index (χ4n) is 1.43. The number of aromatic nitrogens is 2. The zero-order valence-corrected chi connectivity index (χ0v) is 12.9. The van der Waals surface area contributed by atoms with E-state index in [1.807, 2.05) is 11.6 Å². The molecule has 2 rings (SSSR count). The number of amides is 1. The highest BCUT2D eigenvalue weighted by atomic mass is 33.1. The fourth-order valence-corrected chi connectivity index (χ4v) is 4.11. The molecule has 0 saturated heterocycles. The van der Waals surface area contributed by atoms with Crippen molar-refractivity contribution >= 4 is 49.6 Å². The van der Waals surface area contributed by atoms with E-state index < -0.39 is 5.97 Å². The molecular formula is C11H13N3O3S3. The van der Waals surface area contributed by atoms with E-state index >= 15 is 0 Å². The number of fused-ring (bicyclic) bond motifs is 1. The van der Waals surface area contributed by atoms with Gasteiger partial charge in [-0.2, -0.15) is 5.10 Å². The third kappa shape index (κ3) is 4.15. The summed E-state index contributed by atoms with van der Waals surface area (Å²) in [5, 5.41) is 17.3. The highest BCUT2D eigenvalue weighted by Gasteiger charge is 2.12. The van der Waals surface area contributed by atoms with Crippen LogP contribution in [0.15, 0.2) is 17.8 Å². The summed E-state index contributed by atoms with van der Waals surface area (Å²) in [6.07, 6.45) is 3.54. The molecule has 2 N–H and O–H groups in total. The molecule has 0 saturated carbocycles. The Bertz CT molecular complexity index is 596. The van der Waals surface area contributed by atoms with E-state index in [2.05, 4.69) is 10.4 Å². The minimum atomic E-state index is -0.785. The molecule has 0 aliphatic carbocycles. The molecule has 0 radical (unpaired) electrons. The molecule has 0 aliphatic heterocycles. The number of nitrogens with zero attached hydrogens (tertiary/aromatic N) is 2. The van der Waals surface area contributed by atoms with Gasteiger partial charge in [-0.05, 0) is 0 Å². The number of carbonyl (C=O) groups is 2. The number of hydrogen-bond donors (Lipinski definition) is 2. The van der Waals surface area contributed by atoms with E-state index in [9.17, 15) is 9.59 Å². The summed E-state index contributed by atoms with van der Waals surface area (Å²) in [6, 6.07) is 0. The third-order valence-electron chi connectivity index (χ3n) is 2.33. The predicted octanol–water partition coefficient (Wildman–Crippen LogP) is 1.98. The predicted molar refractivity (Wildman–Crippen MR) is 82.6 cm³/mol. The Kier molecular flexibility index (Phi) is 5.74. The molecule has 108 valence electrons. The van der Waals surface area contributed by atoms with Crippen molar-refractivity contribution in [1.82, 2.24) is 14.9 Å². The molecule has 2 aromatic rings. The Morgan fingerprint density at radius 2 is 2.20 bits per heavy atom. The molecule has 0 fully saturated rings. The fraction of sp³-hybridized carbons (Fsp3) is 0.364. The van der Waals surface area contributed by atoms with Gasteiger partial charge in [0.2, 0.25) is 0 Å². The van der Waals surface area contributed by atoms with Gasteiger partial charge < -0.3 is 10.4 Å². The lowest BCUT2D eigenvalue weighted by Crippen LogP contribution is -2.25. The number of carboxylic acids is 1. The maximum absolute atomic E-state index is 11.9. The highest BCUT2D eigenvalue weighted by molar-refractivity contribution is 8.76. The monoisotopic (exact) mass is 331 g/mol. The molecule has 6 nitrogen and oxygen atoms in total. The van der Waals surface area contributed by atoms with E-state index in [1.54, 1.807) is 21.5 Å². The quantitative estimate of drug-likeness (QED) is 0.568. The van der Waals surface area contributed by atoms with Crippen molar-refractivity contribution in [3.05, 3.63) is 23.3 Å². The first-order chi connectivity index (χ1) is 9.68. The van der Waals surface area contributed by atoms with Crippen molar-refractivity contribution < 1.29 is 14.7 Å². The van der Waals surface area contributed by atoms with Crippen LogP contribution in [0.5, 0.6) is 0 Å². The number of carboxylic acid groups (broad SMARTS) is 1. The molecule has 9 heteroatoms. The Labute approximate surface area is 127 Å². The zero-order valence-electron chi connectivity index (χ0n) is 10.4. The van der Waals surface area contributed by atoms with Gasteiger partial charge in [0, 0.05) is 29.6 Å². The summed E-state index contributed by atoms with van der Waals surface area (Å²) in [4.78, 5) is 23.1. The minimum absolute atomic E-state index is 0.126. The zero-order chi connectivity index (χ0) is 14.4. The molecule has 2 aromatic heterocycles. The molecule has 1 amide bonds.